The third-order valence-corrected chi connectivity index (χ3v) is 12.8. The summed E-state index contributed by atoms with van der Waals surface area (Å²) in [6, 6.07) is 5.27. The van der Waals surface area contributed by atoms with Gasteiger partial charge < -0.3 is 24.8 Å². The van der Waals surface area contributed by atoms with E-state index in [0.717, 1.165) is 58.3 Å². The summed E-state index contributed by atoms with van der Waals surface area (Å²) in [5, 5.41) is 11.1. The first-order chi connectivity index (χ1) is 24.8. The highest BCUT2D eigenvalue weighted by atomic mass is 32.1. The van der Waals surface area contributed by atoms with Gasteiger partial charge in [0.05, 0.1) is 29.7 Å². The van der Waals surface area contributed by atoms with Crippen LogP contribution in [0.5, 0.6) is 6.01 Å². The van der Waals surface area contributed by atoms with Gasteiger partial charge in [0.25, 0.3) is 0 Å². The molecule has 0 saturated carbocycles. The van der Waals surface area contributed by atoms with Crippen molar-refractivity contribution in [3.8, 4) is 23.2 Å². The van der Waals surface area contributed by atoms with Gasteiger partial charge in [0.1, 0.15) is 41.0 Å². The molecule has 7 heterocycles. The smallest absolute Gasteiger partial charge is 0.319 e. The summed E-state index contributed by atoms with van der Waals surface area (Å²) in [5.41, 5.74) is 7.11. The number of nitriles is 1. The molecule has 4 aromatic rings. The number of nitrogens with zero attached hydrogens (tertiary/aromatic N) is 6. The predicted octanol–water partition coefficient (Wildman–Crippen LogP) is 5.92. The Bertz CT molecular complexity index is 2080. The van der Waals surface area contributed by atoms with E-state index < -0.39 is 23.3 Å². The molecule has 14 heteroatoms. The van der Waals surface area contributed by atoms with Crippen LogP contribution in [0.2, 0.25) is 0 Å². The average molecular weight is 720 g/mol. The fourth-order valence-electron chi connectivity index (χ4n) is 9.64. The first-order valence-corrected chi connectivity index (χ1v) is 18.7. The summed E-state index contributed by atoms with van der Waals surface area (Å²) >= 11 is 1.17. The number of piperazine rings is 1. The molecule has 2 bridgehead atoms. The molecule has 2 N–H and O–H groups in total. The lowest BCUT2D eigenvalue weighted by molar-refractivity contribution is 0.107. The van der Waals surface area contributed by atoms with Crippen LogP contribution in [0.15, 0.2) is 12.1 Å². The molecular weight excluding hydrogens is 680 g/mol. The Labute approximate surface area is 297 Å². The minimum absolute atomic E-state index is 0.0165. The van der Waals surface area contributed by atoms with Gasteiger partial charge in [-0.2, -0.15) is 15.2 Å². The second kappa shape index (κ2) is 12.7. The van der Waals surface area contributed by atoms with Crippen LogP contribution in [-0.4, -0.2) is 96.6 Å². The second-order valence-corrected chi connectivity index (χ2v) is 15.8. The number of aromatic nitrogens is 2. The quantitative estimate of drug-likeness (QED) is 0.209. The number of ether oxygens (including phenoxy) is 3. The van der Waals surface area contributed by atoms with Crippen molar-refractivity contribution in [2.24, 2.45) is 0 Å². The van der Waals surface area contributed by atoms with E-state index in [0.29, 0.717) is 46.6 Å². The van der Waals surface area contributed by atoms with E-state index >= 15 is 8.78 Å². The third-order valence-electron chi connectivity index (χ3n) is 11.8. The van der Waals surface area contributed by atoms with Crippen LogP contribution in [0.1, 0.15) is 55.2 Å². The molecule has 4 fully saturated rings. The maximum atomic E-state index is 17.6. The van der Waals surface area contributed by atoms with E-state index in [2.05, 4.69) is 20.8 Å². The molecule has 10 nitrogen and oxygen atoms in total. The van der Waals surface area contributed by atoms with Crippen LogP contribution in [0, 0.1) is 23.0 Å². The first-order valence-electron chi connectivity index (χ1n) is 17.9. The summed E-state index contributed by atoms with van der Waals surface area (Å²) in [7, 11) is 1.72. The van der Waals surface area contributed by atoms with E-state index in [1.54, 1.807) is 13.2 Å². The Kier molecular flexibility index (Phi) is 8.27. The molecule has 0 aliphatic carbocycles. The molecule has 268 valence electrons. The van der Waals surface area contributed by atoms with Gasteiger partial charge in [-0.25, -0.2) is 13.2 Å². The summed E-state index contributed by atoms with van der Waals surface area (Å²) in [5.74, 6) is -0.795. The Hall–Kier alpha value is -3.74. The largest absolute Gasteiger partial charge is 0.461 e. The molecule has 4 atom stereocenters. The van der Waals surface area contributed by atoms with Gasteiger partial charge >= 0.3 is 6.01 Å². The molecule has 51 heavy (non-hydrogen) atoms. The average Bonchev–Trinajstić information content (AvgIpc) is 3.92. The minimum atomic E-state index is -0.928. The number of hydrogen-bond acceptors (Lipinski definition) is 11. The minimum Gasteiger partial charge on any atom is -0.461 e. The van der Waals surface area contributed by atoms with Crippen LogP contribution in [0.25, 0.3) is 32.1 Å². The molecular formula is C37H40F3N7O3S. The Morgan fingerprint density at radius 2 is 1.90 bits per heavy atom. The molecule has 2 unspecified atom stereocenters. The first kappa shape index (κ1) is 33.1. The lowest BCUT2D eigenvalue weighted by atomic mass is 9.90. The lowest BCUT2D eigenvalue weighted by Gasteiger charge is -2.42. The molecule has 5 aliphatic rings. The number of halogens is 3. The number of hydrogen-bond donors (Lipinski definition) is 1. The van der Waals surface area contributed by atoms with E-state index in [4.69, 9.17) is 29.9 Å². The maximum absolute atomic E-state index is 17.6. The van der Waals surface area contributed by atoms with Gasteiger partial charge in [0, 0.05) is 79.6 Å². The predicted molar refractivity (Wildman–Crippen MR) is 189 cm³/mol. The van der Waals surface area contributed by atoms with Crippen molar-refractivity contribution in [1.29, 1.82) is 5.26 Å². The zero-order valence-electron chi connectivity index (χ0n) is 28.5. The maximum Gasteiger partial charge on any atom is 0.319 e. The number of nitrogen functional groups attached to an aromatic ring is 1. The van der Waals surface area contributed by atoms with Crippen molar-refractivity contribution in [1.82, 2.24) is 19.8 Å². The Morgan fingerprint density at radius 3 is 2.69 bits per heavy atom. The fraction of sp³-hybridized carbons (Fsp3) is 0.541. The molecule has 0 radical (unpaired) electrons. The van der Waals surface area contributed by atoms with Crippen molar-refractivity contribution in [2.45, 2.75) is 75.5 Å². The number of benzene rings is 2. The molecule has 0 spiro atoms. The second-order valence-electron chi connectivity index (χ2n) is 14.7. The third kappa shape index (κ3) is 5.26. The topological polar surface area (TPSA) is 113 Å². The van der Waals surface area contributed by atoms with Crippen LogP contribution >= 0.6 is 11.3 Å². The zero-order valence-corrected chi connectivity index (χ0v) is 29.3. The van der Waals surface area contributed by atoms with Gasteiger partial charge in [-0.15, -0.1) is 11.3 Å². The highest BCUT2D eigenvalue weighted by molar-refractivity contribution is 7.23. The van der Waals surface area contributed by atoms with Crippen molar-refractivity contribution in [2.75, 3.05) is 63.7 Å². The van der Waals surface area contributed by atoms with Gasteiger partial charge in [-0.1, -0.05) is 0 Å². The normalized spacial score (nSPS) is 26.0. The lowest BCUT2D eigenvalue weighted by Crippen LogP contribution is -2.54. The molecule has 5 aliphatic heterocycles. The van der Waals surface area contributed by atoms with Gasteiger partial charge in [-0.05, 0) is 61.9 Å². The number of methoxy groups -OCH3 is 1. The number of fused-ring (bicyclic) bond motifs is 7. The van der Waals surface area contributed by atoms with Crippen molar-refractivity contribution < 1.29 is 27.4 Å². The molecule has 9 rings (SSSR count). The Morgan fingerprint density at radius 1 is 1.10 bits per heavy atom. The summed E-state index contributed by atoms with van der Waals surface area (Å²) < 4.78 is 66.6. The van der Waals surface area contributed by atoms with Crippen molar-refractivity contribution in [3.63, 3.8) is 0 Å². The van der Waals surface area contributed by atoms with Crippen LogP contribution in [0.3, 0.4) is 0 Å². The van der Waals surface area contributed by atoms with Crippen molar-refractivity contribution in [3.05, 3.63) is 40.5 Å². The molecule has 2 aromatic heterocycles. The molecule has 2 aromatic carbocycles. The standard InChI is InChI=1S/C37H40F3N7O3S/c1-48-11-3-9-45-15-21-4-5-22(16-45)47(21)35-30-25-18-49-17-24(25)29(31-26(39)6-7-27-28(31)23(13-41)34(42)51-27)32(40)33(30)43-36(44-35)50-19-37-8-2-10-46(37)14-20(38)12-37/h6-7,20-22H,2-5,8-12,14-19,42H2,1H3/t20-,21?,22?,37+/m1/s1. The monoisotopic (exact) mass is 719 g/mol. The number of alkyl halides is 1. The van der Waals surface area contributed by atoms with Gasteiger partial charge in [0.15, 0.2) is 5.82 Å². The summed E-state index contributed by atoms with van der Waals surface area (Å²) in [6.45, 7) is 4.91. The number of nitrogens with two attached hydrogens (primary N) is 1. The summed E-state index contributed by atoms with van der Waals surface area (Å²) in [4.78, 5) is 16.8. The number of rotatable bonds is 9. The number of anilines is 2. The van der Waals surface area contributed by atoms with Crippen LogP contribution in [-0.2, 0) is 22.7 Å². The fourth-order valence-corrected chi connectivity index (χ4v) is 10.6. The molecule has 4 saturated heterocycles. The van der Waals surface area contributed by atoms with E-state index in [-0.39, 0.29) is 70.5 Å². The molecule has 0 amide bonds. The van der Waals surface area contributed by atoms with Crippen LogP contribution < -0.4 is 15.4 Å². The van der Waals surface area contributed by atoms with Gasteiger partial charge in [-0.3, -0.25) is 9.80 Å². The highest BCUT2D eigenvalue weighted by Gasteiger charge is 2.50. The number of thiophene rings is 1. The zero-order chi connectivity index (χ0) is 35.0. The van der Waals surface area contributed by atoms with Gasteiger partial charge in [0.2, 0.25) is 0 Å². The van der Waals surface area contributed by atoms with Crippen LogP contribution in [0.4, 0.5) is 24.0 Å². The SMILES string of the molecule is COCCCN1CC2CCC(C1)N2c1nc(OC[C@@]23CCCN2C[C@H](F)C3)nc2c(F)c(-c3c(F)ccc4sc(N)c(C#N)c34)c3c(c12)COC3. The van der Waals surface area contributed by atoms with E-state index in [9.17, 15) is 9.65 Å². The number of likely N-dealkylation sites (tertiary alicyclic amines) is 1. The van der Waals surface area contributed by atoms with E-state index in [1.165, 1.54) is 17.4 Å². The highest BCUT2D eigenvalue weighted by Crippen LogP contribution is 2.49. The Balaban J connectivity index is 1.22. The van der Waals surface area contributed by atoms with E-state index in [1.807, 2.05) is 0 Å². The van der Waals surface area contributed by atoms with Crippen molar-refractivity contribution >= 4 is 43.1 Å². The summed E-state index contributed by atoms with van der Waals surface area (Å²) in [6.07, 6.45) is 4.08.